The molecule has 5 nitrogen and oxygen atoms in total. The molecule has 1 atom stereocenters. The zero-order chi connectivity index (χ0) is 20.2. The molecule has 1 fully saturated rings. The Balaban J connectivity index is 1.77. The van der Waals surface area contributed by atoms with Gasteiger partial charge in [-0.25, -0.2) is 4.99 Å². The van der Waals surface area contributed by atoms with E-state index in [1.54, 1.807) is 21.3 Å². The SMILES string of the molecule is COc1cc(N2C(=Nc3ccccc3)CC2C2=CC=CCC2)cc(OC)c1OC. The fourth-order valence-corrected chi connectivity index (χ4v) is 3.91. The molecule has 5 heteroatoms. The van der Waals surface area contributed by atoms with Crippen molar-refractivity contribution < 1.29 is 14.2 Å². The van der Waals surface area contributed by atoms with Gasteiger partial charge >= 0.3 is 0 Å². The molecule has 4 rings (SSSR count). The number of allylic oxidation sites excluding steroid dienone is 3. The quantitative estimate of drug-likeness (QED) is 0.671. The number of rotatable bonds is 6. The molecule has 0 aromatic heterocycles. The van der Waals surface area contributed by atoms with Gasteiger partial charge in [-0.1, -0.05) is 36.4 Å². The summed E-state index contributed by atoms with van der Waals surface area (Å²) in [5.41, 5.74) is 3.37. The molecule has 2 aliphatic rings. The van der Waals surface area contributed by atoms with Gasteiger partial charge in [-0.05, 0) is 30.5 Å². The molecule has 0 N–H and O–H groups in total. The van der Waals surface area contributed by atoms with Crippen LogP contribution in [-0.4, -0.2) is 33.2 Å². The van der Waals surface area contributed by atoms with Crippen LogP contribution in [-0.2, 0) is 0 Å². The van der Waals surface area contributed by atoms with Gasteiger partial charge in [-0.2, -0.15) is 0 Å². The zero-order valence-corrected chi connectivity index (χ0v) is 17.1. The van der Waals surface area contributed by atoms with Crippen molar-refractivity contribution in [3.8, 4) is 17.2 Å². The Morgan fingerprint density at radius 3 is 2.28 bits per heavy atom. The zero-order valence-electron chi connectivity index (χ0n) is 17.1. The first-order valence-electron chi connectivity index (χ1n) is 9.82. The maximum absolute atomic E-state index is 5.58. The largest absolute Gasteiger partial charge is 0.493 e. The molecule has 1 aliphatic carbocycles. The summed E-state index contributed by atoms with van der Waals surface area (Å²) in [6, 6.07) is 14.3. The summed E-state index contributed by atoms with van der Waals surface area (Å²) in [6.45, 7) is 0. The fraction of sp³-hybridized carbons (Fsp3) is 0.292. The molecule has 1 unspecified atom stereocenters. The number of nitrogens with zero attached hydrogens (tertiary/aromatic N) is 2. The van der Waals surface area contributed by atoms with Gasteiger partial charge in [-0.3, -0.25) is 0 Å². The van der Waals surface area contributed by atoms with Gasteiger partial charge in [0.25, 0.3) is 0 Å². The van der Waals surface area contributed by atoms with Crippen molar-refractivity contribution in [3.05, 3.63) is 66.3 Å². The van der Waals surface area contributed by atoms with Crippen molar-refractivity contribution in [2.24, 2.45) is 4.99 Å². The third-order valence-electron chi connectivity index (χ3n) is 5.38. The minimum absolute atomic E-state index is 0.283. The van der Waals surface area contributed by atoms with Gasteiger partial charge in [-0.15, -0.1) is 0 Å². The maximum atomic E-state index is 5.58. The van der Waals surface area contributed by atoms with Crippen LogP contribution in [0.4, 0.5) is 11.4 Å². The van der Waals surface area contributed by atoms with Gasteiger partial charge < -0.3 is 19.1 Å². The summed E-state index contributed by atoms with van der Waals surface area (Å²) in [7, 11) is 4.90. The minimum atomic E-state index is 0.283. The monoisotopic (exact) mass is 390 g/mol. The third-order valence-corrected chi connectivity index (χ3v) is 5.38. The molecule has 1 heterocycles. The van der Waals surface area contributed by atoms with Crippen molar-refractivity contribution in [3.63, 3.8) is 0 Å². The lowest BCUT2D eigenvalue weighted by atomic mass is 9.87. The van der Waals surface area contributed by atoms with E-state index in [9.17, 15) is 0 Å². The van der Waals surface area contributed by atoms with Gasteiger partial charge in [0, 0.05) is 18.6 Å². The molecule has 2 aromatic carbocycles. The van der Waals surface area contributed by atoms with Crippen LogP contribution >= 0.6 is 0 Å². The highest BCUT2D eigenvalue weighted by Crippen LogP contribution is 2.45. The molecular formula is C24H26N2O3. The van der Waals surface area contributed by atoms with E-state index in [2.05, 4.69) is 23.1 Å². The van der Waals surface area contributed by atoms with Crippen LogP contribution in [0.5, 0.6) is 17.2 Å². The van der Waals surface area contributed by atoms with Crippen LogP contribution in [0.1, 0.15) is 19.3 Å². The Morgan fingerprint density at radius 1 is 0.966 bits per heavy atom. The van der Waals surface area contributed by atoms with E-state index in [1.807, 2.05) is 42.5 Å². The molecule has 29 heavy (non-hydrogen) atoms. The second-order valence-electron chi connectivity index (χ2n) is 7.05. The summed E-state index contributed by atoms with van der Waals surface area (Å²) >= 11 is 0. The first kappa shape index (κ1) is 19.1. The number of hydrogen-bond acceptors (Lipinski definition) is 4. The topological polar surface area (TPSA) is 43.3 Å². The van der Waals surface area contributed by atoms with E-state index in [4.69, 9.17) is 19.2 Å². The average Bonchev–Trinajstić information content (AvgIpc) is 2.76. The Kier molecular flexibility index (Phi) is 5.56. The van der Waals surface area contributed by atoms with Crippen LogP contribution < -0.4 is 19.1 Å². The van der Waals surface area contributed by atoms with E-state index in [0.717, 1.165) is 36.5 Å². The Bertz CT molecular complexity index is 938. The van der Waals surface area contributed by atoms with Crippen molar-refractivity contribution in [2.45, 2.75) is 25.3 Å². The summed E-state index contributed by atoms with van der Waals surface area (Å²) < 4.78 is 16.6. The number of para-hydroxylation sites is 1. The molecule has 0 saturated carbocycles. The Hall–Kier alpha value is -3.21. The Morgan fingerprint density at radius 2 is 1.69 bits per heavy atom. The summed E-state index contributed by atoms with van der Waals surface area (Å²) in [5.74, 6) is 2.91. The van der Waals surface area contributed by atoms with Crippen molar-refractivity contribution in [1.82, 2.24) is 0 Å². The predicted molar refractivity (Wildman–Crippen MR) is 117 cm³/mol. The fourth-order valence-electron chi connectivity index (χ4n) is 3.91. The standard InChI is InChI=1S/C24H26N2O3/c1-27-21-14-19(15-22(28-2)24(21)29-3)26-20(17-10-6-4-7-11-17)16-23(26)25-18-12-8-5-9-13-18/h4-6,8-10,12-15,20H,7,11,16H2,1-3H3. The Labute approximate surface area is 171 Å². The van der Waals surface area contributed by atoms with Crippen LogP contribution in [0.15, 0.2) is 71.3 Å². The highest BCUT2D eigenvalue weighted by Gasteiger charge is 2.38. The lowest BCUT2D eigenvalue weighted by Crippen LogP contribution is -2.54. The van der Waals surface area contributed by atoms with E-state index in [-0.39, 0.29) is 6.04 Å². The second kappa shape index (κ2) is 8.43. The molecule has 0 spiro atoms. The van der Waals surface area contributed by atoms with Crippen LogP contribution in [0.2, 0.25) is 0 Å². The molecule has 2 aromatic rings. The number of aliphatic imine (C=N–C) groups is 1. The molecule has 0 bridgehead atoms. The van der Waals surface area contributed by atoms with Crippen LogP contribution in [0.3, 0.4) is 0 Å². The first-order chi connectivity index (χ1) is 14.2. The van der Waals surface area contributed by atoms with E-state index >= 15 is 0 Å². The van der Waals surface area contributed by atoms with Crippen molar-refractivity contribution in [2.75, 3.05) is 26.2 Å². The number of amidine groups is 1. The number of anilines is 1. The van der Waals surface area contributed by atoms with Crippen LogP contribution in [0.25, 0.3) is 0 Å². The molecule has 1 saturated heterocycles. The van der Waals surface area contributed by atoms with Gasteiger partial charge in [0.15, 0.2) is 11.5 Å². The second-order valence-corrected chi connectivity index (χ2v) is 7.05. The van der Waals surface area contributed by atoms with Crippen molar-refractivity contribution in [1.29, 1.82) is 0 Å². The summed E-state index contributed by atoms with van der Waals surface area (Å²) in [6.07, 6.45) is 9.66. The van der Waals surface area contributed by atoms with Gasteiger partial charge in [0.2, 0.25) is 5.75 Å². The molecular weight excluding hydrogens is 364 g/mol. The molecule has 150 valence electrons. The summed E-state index contributed by atoms with van der Waals surface area (Å²) in [4.78, 5) is 7.19. The predicted octanol–water partition coefficient (Wildman–Crippen LogP) is 5.30. The number of ether oxygens (including phenoxy) is 3. The normalized spacial score (nSPS) is 19.6. The minimum Gasteiger partial charge on any atom is -0.493 e. The number of methoxy groups -OCH3 is 3. The highest BCUT2D eigenvalue weighted by atomic mass is 16.5. The lowest BCUT2D eigenvalue weighted by molar-refractivity contribution is 0.324. The molecule has 0 amide bonds. The number of hydrogen-bond donors (Lipinski definition) is 0. The lowest BCUT2D eigenvalue weighted by Gasteiger charge is -2.45. The first-order valence-corrected chi connectivity index (χ1v) is 9.82. The van der Waals surface area contributed by atoms with E-state index in [0.29, 0.717) is 17.2 Å². The maximum Gasteiger partial charge on any atom is 0.203 e. The average molecular weight is 390 g/mol. The third kappa shape index (κ3) is 3.73. The van der Waals surface area contributed by atoms with Gasteiger partial charge in [0.05, 0.1) is 38.7 Å². The van der Waals surface area contributed by atoms with Crippen LogP contribution in [0, 0.1) is 0 Å². The van der Waals surface area contributed by atoms with E-state index < -0.39 is 0 Å². The van der Waals surface area contributed by atoms with Crippen molar-refractivity contribution >= 4 is 17.2 Å². The highest BCUT2D eigenvalue weighted by molar-refractivity contribution is 6.07. The smallest absolute Gasteiger partial charge is 0.203 e. The van der Waals surface area contributed by atoms with E-state index in [1.165, 1.54) is 5.57 Å². The van der Waals surface area contributed by atoms with Gasteiger partial charge in [0.1, 0.15) is 5.84 Å². The molecule has 0 radical (unpaired) electrons. The number of benzene rings is 2. The molecule has 1 aliphatic heterocycles. The summed E-state index contributed by atoms with van der Waals surface area (Å²) in [5, 5.41) is 0.